The van der Waals surface area contributed by atoms with Gasteiger partial charge in [-0.05, 0) is 67.3 Å². The summed E-state index contributed by atoms with van der Waals surface area (Å²) in [4.78, 5) is 15.3. The minimum absolute atomic E-state index is 0.0914. The zero-order valence-corrected chi connectivity index (χ0v) is 15.8. The second-order valence-corrected chi connectivity index (χ2v) is 7.02. The van der Waals surface area contributed by atoms with Gasteiger partial charge in [-0.3, -0.25) is 4.79 Å². The number of nitrogens with zero attached hydrogens (tertiary/aromatic N) is 2. The van der Waals surface area contributed by atoms with E-state index in [-0.39, 0.29) is 11.9 Å². The summed E-state index contributed by atoms with van der Waals surface area (Å²) in [6, 6.07) is 18.1. The molecular formula is C23H24N2O2. The fourth-order valence-corrected chi connectivity index (χ4v) is 3.89. The number of carbonyl (C=O) groups excluding carboxylic acids is 1. The van der Waals surface area contributed by atoms with Crippen LogP contribution < -0.4 is 4.74 Å². The Morgan fingerprint density at radius 1 is 1.07 bits per heavy atom. The lowest BCUT2D eigenvalue weighted by molar-refractivity contribution is 0.0735. The Hall–Kier alpha value is -3.01. The van der Waals surface area contributed by atoms with Crippen molar-refractivity contribution >= 4 is 5.91 Å². The largest absolute Gasteiger partial charge is 0.497 e. The number of rotatable bonds is 4. The van der Waals surface area contributed by atoms with Crippen LogP contribution in [0, 0.1) is 6.92 Å². The van der Waals surface area contributed by atoms with Crippen molar-refractivity contribution in [2.75, 3.05) is 13.7 Å². The summed E-state index contributed by atoms with van der Waals surface area (Å²) >= 11 is 0. The third-order valence-corrected chi connectivity index (χ3v) is 5.33. The third kappa shape index (κ3) is 3.35. The molecule has 0 saturated carbocycles. The molecule has 4 rings (SSSR count). The van der Waals surface area contributed by atoms with Crippen molar-refractivity contribution in [3.05, 3.63) is 83.7 Å². The van der Waals surface area contributed by atoms with Crippen molar-refractivity contribution in [3.8, 4) is 11.4 Å². The fraction of sp³-hybridized carbons (Fsp3) is 0.261. The smallest absolute Gasteiger partial charge is 0.254 e. The van der Waals surface area contributed by atoms with Gasteiger partial charge in [-0.25, -0.2) is 0 Å². The van der Waals surface area contributed by atoms with Crippen LogP contribution in [-0.4, -0.2) is 29.0 Å². The molecule has 4 heteroatoms. The standard InChI is InChI=1S/C23H24N2O2/c1-17-10-11-19(16-22(17)24-12-3-4-13-24)23(26)25-14-6-9-21(25)18-7-5-8-20(15-18)27-2/h3-5,7-8,10-13,15-16,21H,6,9,14H2,1-2H3. The van der Waals surface area contributed by atoms with Crippen LogP contribution in [0.25, 0.3) is 5.69 Å². The number of aryl methyl sites for hydroxylation is 1. The van der Waals surface area contributed by atoms with Crippen LogP contribution in [0.15, 0.2) is 67.0 Å². The molecule has 0 aliphatic carbocycles. The Morgan fingerprint density at radius 3 is 2.67 bits per heavy atom. The topological polar surface area (TPSA) is 34.5 Å². The molecule has 0 N–H and O–H groups in total. The normalized spacial score (nSPS) is 16.5. The molecule has 1 unspecified atom stereocenters. The maximum atomic E-state index is 13.3. The molecule has 1 aliphatic rings. The predicted octanol–water partition coefficient (Wildman–Crippen LogP) is 4.77. The van der Waals surface area contributed by atoms with E-state index in [1.165, 1.54) is 0 Å². The Labute approximate surface area is 160 Å². The average Bonchev–Trinajstić information content (AvgIpc) is 3.40. The van der Waals surface area contributed by atoms with Gasteiger partial charge >= 0.3 is 0 Å². The number of ether oxygens (including phenoxy) is 1. The fourth-order valence-electron chi connectivity index (χ4n) is 3.89. The van der Waals surface area contributed by atoms with E-state index in [1.807, 2.05) is 65.8 Å². The summed E-state index contributed by atoms with van der Waals surface area (Å²) in [6.45, 7) is 2.85. The summed E-state index contributed by atoms with van der Waals surface area (Å²) < 4.78 is 7.41. The lowest BCUT2D eigenvalue weighted by Crippen LogP contribution is -2.30. The molecule has 27 heavy (non-hydrogen) atoms. The number of hydrogen-bond acceptors (Lipinski definition) is 2. The molecule has 0 bridgehead atoms. The highest BCUT2D eigenvalue weighted by atomic mass is 16.5. The minimum atomic E-state index is 0.0914. The summed E-state index contributed by atoms with van der Waals surface area (Å²) in [6.07, 6.45) is 6.01. The second kappa shape index (κ2) is 7.31. The summed E-state index contributed by atoms with van der Waals surface area (Å²) in [5.74, 6) is 0.922. The maximum absolute atomic E-state index is 13.3. The Bertz CT molecular complexity index is 947. The molecule has 2 aromatic carbocycles. The molecule has 1 aliphatic heterocycles. The number of amides is 1. The van der Waals surface area contributed by atoms with Gasteiger partial charge in [0.05, 0.1) is 13.2 Å². The van der Waals surface area contributed by atoms with Crippen molar-refractivity contribution < 1.29 is 9.53 Å². The molecule has 138 valence electrons. The highest BCUT2D eigenvalue weighted by Gasteiger charge is 2.31. The molecule has 1 aromatic heterocycles. The Morgan fingerprint density at radius 2 is 1.89 bits per heavy atom. The lowest BCUT2D eigenvalue weighted by atomic mass is 10.0. The highest BCUT2D eigenvalue weighted by molar-refractivity contribution is 5.95. The Balaban J connectivity index is 1.65. The van der Waals surface area contributed by atoms with Gasteiger partial charge in [0.1, 0.15) is 5.75 Å². The minimum Gasteiger partial charge on any atom is -0.497 e. The first kappa shape index (κ1) is 17.4. The van der Waals surface area contributed by atoms with Gasteiger partial charge in [0.2, 0.25) is 0 Å². The molecule has 1 fully saturated rings. The van der Waals surface area contributed by atoms with Crippen LogP contribution in [0.1, 0.15) is 40.4 Å². The van der Waals surface area contributed by atoms with Gasteiger partial charge in [0.15, 0.2) is 0 Å². The quantitative estimate of drug-likeness (QED) is 0.671. The number of benzene rings is 2. The first-order chi connectivity index (χ1) is 13.2. The van der Waals surface area contributed by atoms with E-state index in [1.54, 1.807) is 7.11 Å². The highest BCUT2D eigenvalue weighted by Crippen LogP contribution is 2.34. The van der Waals surface area contributed by atoms with Crippen LogP contribution in [0.5, 0.6) is 5.75 Å². The van der Waals surface area contributed by atoms with E-state index in [9.17, 15) is 4.79 Å². The van der Waals surface area contributed by atoms with Crippen molar-refractivity contribution in [1.82, 2.24) is 9.47 Å². The molecule has 2 heterocycles. The zero-order chi connectivity index (χ0) is 18.8. The van der Waals surface area contributed by atoms with Crippen LogP contribution in [-0.2, 0) is 0 Å². The van der Waals surface area contributed by atoms with Gasteiger partial charge in [-0.2, -0.15) is 0 Å². The molecule has 0 radical (unpaired) electrons. The maximum Gasteiger partial charge on any atom is 0.254 e. The zero-order valence-electron chi connectivity index (χ0n) is 15.8. The number of hydrogen-bond donors (Lipinski definition) is 0. The first-order valence-electron chi connectivity index (χ1n) is 9.36. The molecule has 3 aromatic rings. The first-order valence-corrected chi connectivity index (χ1v) is 9.36. The molecule has 4 nitrogen and oxygen atoms in total. The number of methoxy groups -OCH3 is 1. The second-order valence-electron chi connectivity index (χ2n) is 7.02. The van der Waals surface area contributed by atoms with Crippen molar-refractivity contribution in [1.29, 1.82) is 0 Å². The van der Waals surface area contributed by atoms with E-state index in [0.717, 1.165) is 47.5 Å². The lowest BCUT2D eigenvalue weighted by Gasteiger charge is -2.26. The van der Waals surface area contributed by atoms with E-state index >= 15 is 0 Å². The predicted molar refractivity (Wildman–Crippen MR) is 107 cm³/mol. The number of likely N-dealkylation sites (tertiary alicyclic amines) is 1. The summed E-state index contributed by atoms with van der Waals surface area (Å²) in [7, 11) is 1.67. The van der Waals surface area contributed by atoms with Crippen LogP contribution in [0.3, 0.4) is 0 Å². The van der Waals surface area contributed by atoms with Gasteiger partial charge in [-0.1, -0.05) is 18.2 Å². The number of aromatic nitrogens is 1. The average molecular weight is 360 g/mol. The van der Waals surface area contributed by atoms with E-state index in [2.05, 4.69) is 17.6 Å². The number of carbonyl (C=O) groups is 1. The van der Waals surface area contributed by atoms with Crippen LogP contribution in [0.2, 0.25) is 0 Å². The third-order valence-electron chi connectivity index (χ3n) is 5.33. The van der Waals surface area contributed by atoms with E-state index in [4.69, 9.17) is 4.74 Å². The van der Waals surface area contributed by atoms with Crippen LogP contribution in [0.4, 0.5) is 0 Å². The van der Waals surface area contributed by atoms with Crippen molar-refractivity contribution in [2.45, 2.75) is 25.8 Å². The van der Waals surface area contributed by atoms with Crippen LogP contribution >= 0.6 is 0 Å². The monoisotopic (exact) mass is 360 g/mol. The molecule has 1 atom stereocenters. The van der Waals surface area contributed by atoms with Crippen molar-refractivity contribution in [2.24, 2.45) is 0 Å². The summed E-state index contributed by atoms with van der Waals surface area (Å²) in [5.41, 5.74) is 4.06. The van der Waals surface area contributed by atoms with Gasteiger partial charge < -0.3 is 14.2 Å². The van der Waals surface area contributed by atoms with Gasteiger partial charge in [0, 0.05) is 30.2 Å². The van der Waals surface area contributed by atoms with Gasteiger partial charge in [0.25, 0.3) is 5.91 Å². The van der Waals surface area contributed by atoms with Gasteiger partial charge in [-0.15, -0.1) is 0 Å². The van der Waals surface area contributed by atoms with Crippen molar-refractivity contribution in [3.63, 3.8) is 0 Å². The SMILES string of the molecule is COc1cccc(C2CCCN2C(=O)c2ccc(C)c(-n3cccc3)c2)c1. The molecule has 1 saturated heterocycles. The molecule has 1 amide bonds. The van der Waals surface area contributed by atoms with E-state index in [0.29, 0.717) is 0 Å². The molecule has 0 spiro atoms. The van der Waals surface area contributed by atoms with E-state index < -0.39 is 0 Å². The molecular weight excluding hydrogens is 336 g/mol. The Kier molecular flexibility index (Phi) is 4.71. The summed E-state index contributed by atoms with van der Waals surface area (Å²) in [5, 5.41) is 0.